The van der Waals surface area contributed by atoms with E-state index in [1.165, 1.54) is 12.1 Å². The van der Waals surface area contributed by atoms with E-state index < -0.39 is 30.0 Å². The number of hydrogen-bond donors (Lipinski definition) is 2. The third kappa shape index (κ3) is 6.48. The van der Waals surface area contributed by atoms with E-state index in [-0.39, 0.29) is 12.3 Å². The monoisotopic (exact) mass is 460 g/mol. The number of benzene rings is 2. The molecule has 10 heteroatoms. The Morgan fingerprint density at radius 3 is 2.42 bits per heavy atom. The molecule has 2 aromatic rings. The number of rotatable bonds is 10. The second kappa shape index (κ2) is 10.4. The van der Waals surface area contributed by atoms with Crippen molar-refractivity contribution in [1.29, 1.82) is 0 Å². The minimum atomic E-state index is -2.90. The van der Waals surface area contributed by atoms with Crippen LogP contribution in [0.5, 0.6) is 5.75 Å². The maximum absolute atomic E-state index is 12.8. The lowest BCUT2D eigenvalue weighted by molar-refractivity contribution is -0.139. The van der Waals surface area contributed by atoms with Gasteiger partial charge >= 0.3 is 12.6 Å². The first kappa shape index (κ1) is 24.1. The second-order valence-electron chi connectivity index (χ2n) is 8.12. The molecular weight excluding hydrogens is 434 g/mol. The number of aryl methyl sites for hydroxylation is 1. The summed E-state index contributed by atoms with van der Waals surface area (Å²) in [7, 11) is 1.68. The molecule has 0 bridgehead atoms. The van der Waals surface area contributed by atoms with Crippen LogP contribution in [0.4, 0.5) is 13.6 Å². The molecule has 4 amide bonds. The molecule has 33 heavy (non-hydrogen) atoms. The number of carbonyl (C=O) groups is 3. The van der Waals surface area contributed by atoms with Gasteiger partial charge < -0.3 is 10.1 Å². The van der Waals surface area contributed by atoms with Crippen LogP contribution >= 0.6 is 0 Å². The van der Waals surface area contributed by atoms with E-state index >= 15 is 0 Å². The Kier molecular flexibility index (Phi) is 7.59. The molecule has 2 N–H and O–H groups in total. The van der Waals surface area contributed by atoms with Crippen LogP contribution in [0.15, 0.2) is 54.6 Å². The predicted octanol–water partition coefficient (Wildman–Crippen LogP) is 2.69. The first-order valence-corrected chi connectivity index (χ1v) is 10.4. The highest BCUT2D eigenvalue weighted by atomic mass is 19.3. The van der Waals surface area contributed by atoms with Gasteiger partial charge in [-0.15, -0.1) is 0 Å². The number of nitrogens with one attached hydrogen (secondary N) is 2. The number of amides is 4. The summed E-state index contributed by atoms with van der Waals surface area (Å²) >= 11 is 0. The standard InChI is InChI=1S/C23H26F2N4O4/c1-23(13-12-16-6-4-3-5-7-16)20(31)29(22(32)26-23)27-19(30)15-28(2)14-17-8-10-18(11-9-17)33-21(24)25/h3-11,21H,12-15H2,1-2H3,(H,26,32)(H,27,30). The Morgan fingerprint density at radius 2 is 1.79 bits per heavy atom. The van der Waals surface area contributed by atoms with Crippen LogP contribution in [0.2, 0.25) is 0 Å². The number of ether oxygens (including phenoxy) is 1. The lowest BCUT2D eigenvalue weighted by Gasteiger charge is -2.22. The van der Waals surface area contributed by atoms with Crippen LogP contribution in [0, 0.1) is 0 Å². The number of urea groups is 1. The maximum atomic E-state index is 12.8. The summed E-state index contributed by atoms with van der Waals surface area (Å²) in [5.74, 6) is -1.01. The maximum Gasteiger partial charge on any atom is 0.387 e. The summed E-state index contributed by atoms with van der Waals surface area (Å²) in [6.07, 6.45) is 0.980. The molecular formula is C23H26F2N4O4. The second-order valence-corrected chi connectivity index (χ2v) is 8.12. The molecule has 0 spiro atoms. The third-order valence-electron chi connectivity index (χ3n) is 5.27. The van der Waals surface area contributed by atoms with Gasteiger partial charge in [0.1, 0.15) is 11.3 Å². The Labute approximate surface area is 190 Å². The van der Waals surface area contributed by atoms with Crippen LogP contribution in [-0.4, -0.2) is 53.5 Å². The Hall–Kier alpha value is -3.53. The van der Waals surface area contributed by atoms with Crippen LogP contribution in [-0.2, 0) is 22.6 Å². The quantitative estimate of drug-likeness (QED) is 0.532. The van der Waals surface area contributed by atoms with Crippen molar-refractivity contribution < 1.29 is 27.9 Å². The van der Waals surface area contributed by atoms with E-state index in [9.17, 15) is 23.2 Å². The van der Waals surface area contributed by atoms with Crippen molar-refractivity contribution in [3.63, 3.8) is 0 Å². The summed E-state index contributed by atoms with van der Waals surface area (Å²) in [6.45, 7) is -1.01. The van der Waals surface area contributed by atoms with Crippen LogP contribution in [0.25, 0.3) is 0 Å². The van der Waals surface area contributed by atoms with Gasteiger partial charge in [0.25, 0.3) is 11.8 Å². The topological polar surface area (TPSA) is 91.0 Å². The molecule has 1 atom stereocenters. The predicted molar refractivity (Wildman–Crippen MR) is 116 cm³/mol. The van der Waals surface area contributed by atoms with E-state index in [0.717, 1.165) is 16.1 Å². The van der Waals surface area contributed by atoms with Gasteiger partial charge in [-0.3, -0.25) is 19.9 Å². The van der Waals surface area contributed by atoms with Crippen LogP contribution < -0.4 is 15.5 Å². The third-order valence-corrected chi connectivity index (χ3v) is 5.27. The van der Waals surface area contributed by atoms with E-state index in [4.69, 9.17) is 0 Å². The van der Waals surface area contributed by atoms with E-state index in [1.54, 1.807) is 31.0 Å². The molecule has 176 valence electrons. The summed E-state index contributed by atoms with van der Waals surface area (Å²) < 4.78 is 28.8. The molecule has 2 aromatic carbocycles. The number of imide groups is 1. The highest BCUT2D eigenvalue weighted by Gasteiger charge is 2.48. The van der Waals surface area contributed by atoms with Crippen LogP contribution in [0.1, 0.15) is 24.5 Å². The summed E-state index contributed by atoms with van der Waals surface area (Å²) in [6, 6.07) is 15.0. The first-order valence-electron chi connectivity index (χ1n) is 10.4. The first-order chi connectivity index (χ1) is 15.7. The Bertz CT molecular complexity index is 988. The fraction of sp³-hybridized carbons (Fsp3) is 0.348. The molecule has 0 aliphatic carbocycles. The largest absolute Gasteiger partial charge is 0.435 e. The normalized spacial score (nSPS) is 18.1. The van der Waals surface area contributed by atoms with Crippen molar-refractivity contribution in [1.82, 2.24) is 20.7 Å². The van der Waals surface area contributed by atoms with Crippen LogP contribution in [0.3, 0.4) is 0 Å². The molecule has 1 aliphatic heterocycles. The molecule has 1 saturated heterocycles. The lowest BCUT2D eigenvalue weighted by Crippen LogP contribution is -2.51. The summed E-state index contributed by atoms with van der Waals surface area (Å²) in [4.78, 5) is 39.2. The van der Waals surface area contributed by atoms with Gasteiger partial charge in [-0.25, -0.2) is 4.79 Å². The van der Waals surface area contributed by atoms with Crippen molar-refractivity contribution in [3.05, 3.63) is 65.7 Å². The smallest absolute Gasteiger partial charge is 0.387 e. The fourth-order valence-corrected chi connectivity index (χ4v) is 3.54. The SMILES string of the molecule is CN(CC(=O)NN1C(=O)NC(C)(CCc2ccccc2)C1=O)Cc1ccc(OC(F)F)cc1. The highest BCUT2D eigenvalue weighted by molar-refractivity contribution is 6.07. The van der Waals surface area contributed by atoms with Gasteiger partial charge in [0.15, 0.2) is 0 Å². The zero-order valence-corrected chi connectivity index (χ0v) is 18.4. The molecule has 0 saturated carbocycles. The number of nitrogens with zero attached hydrogens (tertiary/aromatic N) is 2. The molecule has 0 radical (unpaired) electrons. The van der Waals surface area contributed by atoms with E-state index in [0.29, 0.717) is 19.4 Å². The number of carbonyl (C=O) groups excluding carboxylic acids is 3. The molecule has 1 heterocycles. The average Bonchev–Trinajstić information content (AvgIpc) is 2.97. The fourth-order valence-electron chi connectivity index (χ4n) is 3.54. The molecule has 3 rings (SSSR count). The number of halogens is 2. The number of alkyl halides is 2. The van der Waals surface area contributed by atoms with Gasteiger partial charge in [-0.2, -0.15) is 13.8 Å². The number of likely N-dealkylation sites (N-methyl/N-ethyl adjacent to an activating group) is 1. The average molecular weight is 460 g/mol. The molecule has 8 nitrogen and oxygen atoms in total. The zero-order chi connectivity index (χ0) is 24.0. The molecule has 1 fully saturated rings. The zero-order valence-electron chi connectivity index (χ0n) is 18.4. The number of hydrazine groups is 1. The Balaban J connectivity index is 1.50. The highest BCUT2D eigenvalue weighted by Crippen LogP contribution is 2.22. The van der Waals surface area contributed by atoms with Crippen molar-refractivity contribution in [2.75, 3.05) is 13.6 Å². The lowest BCUT2D eigenvalue weighted by atomic mass is 9.93. The number of hydrogen-bond acceptors (Lipinski definition) is 5. The van der Waals surface area contributed by atoms with Gasteiger partial charge in [-0.1, -0.05) is 42.5 Å². The van der Waals surface area contributed by atoms with Gasteiger partial charge in [0.2, 0.25) is 0 Å². The van der Waals surface area contributed by atoms with Crippen molar-refractivity contribution in [2.45, 2.75) is 38.5 Å². The van der Waals surface area contributed by atoms with Crippen molar-refractivity contribution >= 4 is 17.8 Å². The van der Waals surface area contributed by atoms with Crippen molar-refractivity contribution in [2.24, 2.45) is 0 Å². The van der Waals surface area contributed by atoms with E-state index in [2.05, 4.69) is 15.5 Å². The molecule has 0 aromatic heterocycles. The molecule has 1 unspecified atom stereocenters. The summed E-state index contributed by atoms with van der Waals surface area (Å²) in [5.41, 5.74) is 3.06. The van der Waals surface area contributed by atoms with E-state index in [1.807, 2.05) is 30.3 Å². The van der Waals surface area contributed by atoms with Gasteiger partial charge in [0.05, 0.1) is 6.54 Å². The summed E-state index contributed by atoms with van der Waals surface area (Å²) in [5, 5.41) is 3.38. The minimum absolute atomic E-state index is 0.0445. The molecule has 1 aliphatic rings. The Morgan fingerprint density at radius 1 is 1.12 bits per heavy atom. The van der Waals surface area contributed by atoms with Crippen molar-refractivity contribution in [3.8, 4) is 5.75 Å². The van der Waals surface area contributed by atoms with Gasteiger partial charge in [-0.05, 0) is 50.1 Å². The minimum Gasteiger partial charge on any atom is -0.435 e. The van der Waals surface area contributed by atoms with Gasteiger partial charge in [0, 0.05) is 6.54 Å².